The molecule has 0 aliphatic rings. The van der Waals surface area contributed by atoms with E-state index in [2.05, 4.69) is 65.8 Å². The van der Waals surface area contributed by atoms with Crippen LogP contribution in [0.5, 0.6) is 0 Å². The number of hydrogen-bond acceptors (Lipinski definition) is 7. The number of rotatable bonds is 8. The summed E-state index contributed by atoms with van der Waals surface area (Å²) in [6, 6.07) is 18.4. The van der Waals surface area contributed by atoms with Gasteiger partial charge in [-0.2, -0.15) is 5.10 Å². The van der Waals surface area contributed by atoms with Crippen molar-refractivity contribution in [3.63, 3.8) is 0 Å². The second-order valence-corrected chi connectivity index (χ2v) is 11.0. The van der Waals surface area contributed by atoms with Gasteiger partial charge in [-0.15, -0.1) is 10.2 Å². The van der Waals surface area contributed by atoms with E-state index in [1.54, 1.807) is 18.0 Å². The molecule has 0 atom stereocenters. The minimum atomic E-state index is -0.170. The maximum absolute atomic E-state index is 12.0. The number of nitrogens with zero attached hydrogens (tertiary/aromatic N) is 3. The average Bonchev–Trinajstić information content (AvgIpc) is 3.19. The van der Waals surface area contributed by atoms with Crippen LogP contribution in [0.15, 0.2) is 68.4 Å². The van der Waals surface area contributed by atoms with Crippen molar-refractivity contribution in [2.75, 3.05) is 5.75 Å². The van der Waals surface area contributed by atoms with Crippen LogP contribution in [0, 0.1) is 0 Å². The third-order valence-corrected chi connectivity index (χ3v) is 7.36. The van der Waals surface area contributed by atoms with Crippen LogP contribution in [0.2, 0.25) is 0 Å². The number of thioether (sulfide) groups is 2. The summed E-state index contributed by atoms with van der Waals surface area (Å²) in [6.07, 6.45) is 1.65. The van der Waals surface area contributed by atoms with Crippen LogP contribution in [0.3, 0.4) is 0 Å². The highest BCUT2D eigenvalue weighted by Crippen LogP contribution is 2.30. The van der Waals surface area contributed by atoms with Crippen LogP contribution >= 0.6 is 34.9 Å². The van der Waals surface area contributed by atoms with E-state index in [4.69, 9.17) is 0 Å². The van der Waals surface area contributed by atoms with Gasteiger partial charge in [-0.3, -0.25) is 4.79 Å². The summed E-state index contributed by atoms with van der Waals surface area (Å²) in [5, 5.41) is 12.4. The van der Waals surface area contributed by atoms with E-state index in [0.29, 0.717) is 0 Å². The van der Waals surface area contributed by atoms with Gasteiger partial charge in [0.1, 0.15) is 0 Å². The molecule has 156 valence electrons. The SMILES string of the molecule is CC(C)(C)c1ccc(C=NNC(=O)CSc2nnc(SCc3ccccc3)s2)cc1. The van der Waals surface area contributed by atoms with Crippen molar-refractivity contribution >= 4 is 47.0 Å². The highest BCUT2D eigenvalue weighted by atomic mass is 32.2. The van der Waals surface area contributed by atoms with Gasteiger partial charge < -0.3 is 0 Å². The third-order valence-electron chi connectivity index (χ3n) is 4.10. The van der Waals surface area contributed by atoms with Crippen molar-refractivity contribution in [1.29, 1.82) is 0 Å². The zero-order valence-electron chi connectivity index (χ0n) is 17.2. The summed E-state index contributed by atoms with van der Waals surface area (Å²) >= 11 is 4.52. The van der Waals surface area contributed by atoms with Crippen LogP contribution in [-0.2, 0) is 16.0 Å². The molecule has 1 N–H and O–H groups in total. The minimum absolute atomic E-state index is 0.117. The number of hydrogen-bond donors (Lipinski definition) is 1. The number of aromatic nitrogens is 2. The Kier molecular flexibility index (Phi) is 8.07. The molecule has 1 heterocycles. The molecule has 0 spiro atoms. The highest BCUT2D eigenvalue weighted by molar-refractivity contribution is 8.03. The molecular weight excluding hydrogens is 432 g/mol. The Bertz CT molecular complexity index is 980. The lowest BCUT2D eigenvalue weighted by molar-refractivity contribution is -0.118. The third kappa shape index (κ3) is 7.27. The van der Waals surface area contributed by atoms with Crippen LogP contribution in [0.4, 0.5) is 0 Å². The molecule has 2 aromatic carbocycles. The van der Waals surface area contributed by atoms with Gasteiger partial charge in [-0.25, -0.2) is 5.43 Å². The molecule has 0 unspecified atom stereocenters. The fourth-order valence-corrected chi connectivity index (χ4v) is 5.21. The summed E-state index contributed by atoms with van der Waals surface area (Å²) in [5.74, 6) is 0.931. The van der Waals surface area contributed by atoms with Gasteiger partial charge in [-0.05, 0) is 22.1 Å². The number of carbonyl (C=O) groups is 1. The second kappa shape index (κ2) is 10.7. The van der Waals surface area contributed by atoms with E-state index in [1.807, 2.05) is 30.3 Å². The van der Waals surface area contributed by atoms with Crippen molar-refractivity contribution < 1.29 is 4.79 Å². The zero-order chi connectivity index (χ0) is 21.4. The molecule has 1 amide bonds. The lowest BCUT2D eigenvalue weighted by Crippen LogP contribution is -2.19. The van der Waals surface area contributed by atoms with Crippen LogP contribution in [0.25, 0.3) is 0 Å². The van der Waals surface area contributed by atoms with Crippen molar-refractivity contribution in [2.45, 2.75) is 40.6 Å². The van der Waals surface area contributed by atoms with Crippen molar-refractivity contribution in [2.24, 2.45) is 5.10 Å². The van der Waals surface area contributed by atoms with E-state index in [0.717, 1.165) is 20.0 Å². The molecule has 0 fully saturated rings. The smallest absolute Gasteiger partial charge is 0.250 e. The lowest BCUT2D eigenvalue weighted by atomic mass is 9.87. The van der Waals surface area contributed by atoms with E-state index < -0.39 is 0 Å². The zero-order valence-corrected chi connectivity index (χ0v) is 19.6. The number of amides is 1. The first-order valence-electron chi connectivity index (χ1n) is 9.45. The predicted octanol–water partition coefficient (Wildman–Crippen LogP) is 5.37. The van der Waals surface area contributed by atoms with Crippen molar-refractivity contribution in [3.05, 3.63) is 71.3 Å². The summed E-state index contributed by atoms with van der Waals surface area (Å²) < 4.78 is 1.68. The van der Waals surface area contributed by atoms with E-state index >= 15 is 0 Å². The average molecular weight is 457 g/mol. The maximum atomic E-state index is 12.0. The fourth-order valence-electron chi connectivity index (χ4n) is 2.44. The molecule has 0 aliphatic heterocycles. The van der Waals surface area contributed by atoms with Crippen molar-refractivity contribution in [1.82, 2.24) is 15.6 Å². The number of hydrazone groups is 1. The quantitative estimate of drug-likeness (QED) is 0.280. The minimum Gasteiger partial charge on any atom is -0.272 e. The molecule has 3 aromatic rings. The van der Waals surface area contributed by atoms with Crippen LogP contribution in [-0.4, -0.2) is 28.1 Å². The molecular formula is C22H24N4OS3. The Labute approximate surface area is 189 Å². The largest absolute Gasteiger partial charge is 0.272 e. The highest BCUT2D eigenvalue weighted by Gasteiger charge is 2.12. The fraction of sp³-hybridized carbons (Fsp3) is 0.273. The molecule has 0 aliphatic carbocycles. The topological polar surface area (TPSA) is 67.2 Å². The first kappa shape index (κ1) is 22.5. The number of nitrogens with one attached hydrogen (secondary N) is 1. The van der Waals surface area contributed by atoms with Gasteiger partial charge >= 0.3 is 0 Å². The van der Waals surface area contributed by atoms with Gasteiger partial charge in [0.05, 0.1) is 12.0 Å². The summed E-state index contributed by atoms with van der Waals surface area (Å²) in [7, 11) is 0. The van der Waals surface area contributed by atoms with Gasteiger partial charge in [-0.1, -0.05) is 110 Å². The van der Waals surface area contributed by atoms with Crippen LogP contribution < -0.4 is 5.43 Å². The van der Waals surface area contributed by atoms with E-state index in [-0.39, 0.29) is 17.1 Å². The summed E-state index contributed by atoms with van der Waals surface area (Å²) in [4.78, 5) is 12.0. The molecule has 0 bridgehead atoms. The maximum Gasteiger partial charge on any atom is 0.250 e. The number of carbonyl (C=O) groups excluding carboxylic acids is 1. The monoisotopic (exact) mass is 456 g/mol. The van der Waals surface area contributed by atoms with E-state index in [9.17, 15) is 4.79 Å². The molecule has 30 heavy (non-hydrogen) atoms. The van der Waals surface area contributed by atoms with Gasteiger partial charge in [0.25, 0.3) is 5.91 Å². The standard InChI is InChI=1S/C22H24N4OS3/c1-22(2,3)18-11-9-16(10-12-18)13-23-24-19(27)15-29-21-26-25-20(30-21)28-14-17-7-5-4-6-8-17/h4-13H,14-15H2,1-3H3,(H,24,27). The molecule has 1 aromatic heterocycles. The second-order valence-electron chi connectivity index (χ2n) is 7.56. The number of benzene rings is 2. The molecule has 3 rings (SSSR count). The predicted molar refractivity (Wildman–Crippen MR) is 128 cm³/mol. The summed E-state index contributed by atoms with van der Waals surface area (Å²) in [5.41, 5.74) is 6.13. The van der Waals surface area contributed by atoms with Gasteiger partial charge in [0, 0.05) is 5.75 Å². The lowest BCUT2D eigenvalue weighted by Gasteiger charge is -2.18. The Balaban J connectivity index is 1.40. The normalized spacial score (nSPS) is 11.7. The molecule has 0 saturated carbocycles. The van der Waals surface area contributed by atoms with E-state index in [1.165, 1.54) is 34.2 Å². The molecule has 0 saturated heterocycles. The first-order chi connectivity index (χ1) is 14.4. The molecule has 5 nitrogen and oxygen atoms in total. The Morgan fingerprint density at radius 3 is 2.37 bits per heavy atom. The summed E-state index contributed by atoms with van der Waals surface area (Å²) in [6.45, 7) is 6.53. The Morgan fingerprint density at radius 1 is 1.03 bits per heavy atom. The Morgan fingerprint density at radius 2 is 1.70 bits per heavy atom. The molecule has 0 radical (unpaired) electrons. The first-order valence-corrected chi connectivity index (χ1v) is 12.2. The Hall–Kier alpha value is -2.16. The van der Waals surface area contributed by atoms with Crippen molar-refractivity contribution in [3.8, 4) is 0 Å². The molecule has 8 heteroatoms. The van der Waals surface area contributed by atoms with Gasteiger partial charge in [0.15, 0.2) is 8.68 Å². The van der Waals surface area contributed by atoms with Crippen LogP contribution in [0.1, 0.15) is 37.5 Å². The van der Waals surface area contributed by atoms with Gasteiger partial charge in [0.2, 0.25) is 0 Å².